The quantitative estimate of drug-likeness (QED) is 0.113. The van der Waals surface area contributed by atoms with Crippen LogP contribution >= 0.6 is 0 Å². The Morgan fingerprint density at radius 2 is 0.500 bits per heavy atom. The van der Waals surface area contributed by atoms with E-state index in [1.807, 2.05) is 0 Å². The first-order valence-corrected chi connectivity index (χ1v) is 42.8. The summed E-state index contributed by atoms with van der Waals surface area (Å²) in [5.41, 5.74) is 39.2. The third-order valence-corrected chi connectivity index (χ3v) is 29.0. The number of hydrogen-bond acceptors (Lipinski definition) is 6. The first-order valence-electron chi connectivity index (χ1n) is 42.8. The van der Waals surface area contributed by atoms with Gasteiger partial charge in [-0.05, 0) is 208 Å². The molecule has 2 saturated heterocycles. The second-order valence-corrected chi connectivity index (χ2v) is 35.0. The fraction of sp³-hybridized carbons (Fsp3) is 0.167. The molecule has 0 spiro atoms. The number of hydrogen-bond donors (Lipinski definition) is 0. The summed E-state index contributed by atoms with van der Waals surface area (Å²) in [7, 11) is 0. The summed E-state index contributed by atoms with van der Waals surface area (Å²) in [6.45, 7) is 1.74. The lowest BCUT2D eigenvalue weighted by molar-refractivity contribution is 0.242. The molecule has 4 aliphatic carbocycles. The molecule has 6 aliphatic heterocycles. The Morgan fingerprint density at radius 1 is 0.207 bits per heavy atom. The monoisotopic (exact) mass is 1490 g/mol. The Balaban J connectivity index is 0.821. The Bertz CT molecular complexity index is 6240. The van der Waals surface area contributed by atoms with E-state index in [9.17, 15) is 0 Å². The summed E-state index contributed by atoms with van der Waals surface area (Å²) in [4.78, 5) is 16.9. The molecule has 0 radical (unpaired) electrons. The highest BCUT2D eigenvalue weighted by atomic mass is 15.2. The van der Waals surface area contributed by atoms with Crippen molar-refractivity contribution in [2.45, 2.75) is 63.5 Å². The molecule has 6 heterocycles. The maximum absolute atomic E-state index is 2.93. The van der Waals surface area contributed by atoms with Crippen molar-refractivity contribution >= 4 is 126 Å². The van der Waals surface area contributed by atoms with Gasteiger partial charge in [0.1, 0.15) is 0 Å². The van der Waals surface area contributed by atoms with Crippen molar-refractivity contribution in [1.29, 1.82) is 0 Å². The topological polar surface area (TPSA) is 19.4 Å². The van der Waals surface area contributed by atoms with Crippen molar-refractivity contribution in [3.63, 3.8) is 0 Å². The van der Waals surface area contributed by atoms with Gasteiger partial charge in [0.15, 0.2) is 0 Å². The summed E-state index contributed by atoms with van der Waals surface area (Å²) in [6, 6.07) is 137. The van der Waals surface area contributed by atoms with E-state index in [4.69, 9.17) is 0 Å². The van der Waals surface area contributed by atoms with Crippen LogP contribution in [-0.2, 0) is 0 Å². The second kappa shape index (κ2) is 26.4. The average molecular weight is 1490 g/mol. The minimum Gasteiger partial charge on any atom is -0.368 e. The summed E-state index contributed by atoms with van der Waals surface area (Å²) < 4.78 is 0. The molecule has 0 N–H and O–H groups in total. The van der Waals surface area contributed by atoms with Crippen LogP contribution in [0, 0.1) is 35.5 Å². The van der Waals surface area contributed by atoms with E-state index in [1.165, 1.54) is 225 Å². The highest BCUT2D eigenvalue weighted by Crippen LogP contribution is 2.60. The summed E-state index contributed by atoms with van der Waals surface area (Å²) in [6.07, 6.45) is 10.5. The van der Waals surface area contributed by atoms with E-state index in [1.54, 1.807) is 0 Å². The number of para-hydroxylation sites is 6. The summed E-state index contributed by atoms with van der Waals surface area (Å²) in [5, 5.41) is 0. The van der Waals surface area contributed by atoms with Gasteiger partial charge < -0.3 is 29.4 Å². The van der Waals surface area contributed by atoms with Gasteiger partial charge in [0.05, 0.1) is 17.1 Å². The van der Waals surface area contributed by atoms with Gasteiger partial charge in [-0.15, -0.1) is 0 Å². The molecule has 7 unspecified atom stereocenters. The molecular formula is C108H86B2N6. The number of rotatable bonds is 12. The lowest BCUT2D eigenvalue weighted by Gasteiger charge is -2.50. The lowest BCUT2D eigenvalue weighted by atomic mass is 9.30. The molecule has 25 rings (SSSR count). The van der Waals surface area contributed by atoms with Crippen LogP contribution in [0.25, 0.3) is 66.8 Å². The first kappa shape index (κ1) is 66.6. The van der Waals surface area contributed by atoms with Crippen LogP contribution in [0.2, 0.25) is 0 Å². The van der Waals surface area contributed by atoms with Crippen LogP contribution in [0.4, 0.5) is 79.6 Å². The van der Waals surface area contributed by atoms with Crippen molar-refractivity contribution in [2.24, 2.45) is 35.5 Å². The number of anilines is 14. The molecule has 15 aromatic carbocycles. The fourth-order valence-corrected chi connectivity index (χ4v) is 24.4. The molecule has 6 nitrogen and oxygen atoms in total. The molecule has 8 heteroatoms. The molecule has 0 amide bonds. The standard InChI is InChI=1S/C108H86B2N6/c1-8-29-71(30-9-1)86-43-26-44-87(72-31-10-2-11-32-72)106(86)114-96-51-24-22-49-92(96)109-94-65-95-99(66-98(94)113(81-41-20-7-21-42-81)100-61-84(62-101(114)104(100)109)111-67-79-55-69-53-77(79)59-82(111)57-69)116(108-90(75-37-16-5-17-38-75)47-28-48-91(108)76-39-18-6-19-40-76)103-64-85(112-68-80-56-70-54-78(80)60-83(112)58-70)63-102-105(103)110(95)93-50-23-25-52-97(93)115(102)107-88(73-33-12-3-13-34-73)45-27-46-89(107)74-35-14-4-15-36-74/h1-52,61-66,69-70,77-80,82-83H,53-60,67-68H2/t69?,70?,77?,78-,79?,80?,82?,83?/m1/s1. The zero-order valence-electron chi connectivity index (χ0n) is 65.0. The van der Waals surface area contributed by atoms with Gasteiger partial charge >= 0.3 is 0 Å². The SMILES string of the molecule is c1ccc(-c2cccc(-c3ccccc3)c2N2c3ccccc3B3c4cc5c(cc4N(c4ccccc4)c4cc(N6CC7CC8CC7CC6C8)cc2c43)N(c2c(-c3ccccc3)cccc2-c2ccccc2)c2cc(N3CC4CC6CC3C[C@H]4C6)cc3c2B5c2ccccc2N3c2c(-c3ccccc3)cccc2-c2ccccc2)cc1. The van der Waals surface area contributed by atoms with Gasteiger partial charge in [0.2, 0.25) is 0 Å². The number of piperidine rings is 2. The molecule has 554 valence electrons. The Kier molecular flexibility index (Phi) is 15.2. The normalized spacial score (nSPS) is 21.0. The van der Waals surface area contributed by atoms with E-state index in [-0.39, 0.29) is 13.4 Å². The molecule has 0 aromatic heterocycles. The number of benzene rings is 15. The molecule has 4 saturated carbocycles. The van der Waals surface area contributed by atoms with Crippen molar-refractivity contribution in [1.82, 2.24) is 0 Å². The van der Waals surface area contributed by atoms with Crippen LogP contribution in [0.15, 0.2) is 352 Å². The van der Waals surface area contributed by atoms with Gasteiger partial charge in [0, 0.05) is 121 Å². The first-order chi connectivity index (χ1) is 57.5. The zero-order valence-corrected chi connectivity index (χ0v) is 65.0. The van der Waals surface area contributed by atoms with E-state index < -0.39 is 0 Å². The second-order valence-electron chi connectivity index (χ2n) is 35.0. The number of nitrogens with zero attached hydrogens (tertiary/aromatic N) is 6. The van der Waals surface area contributed by atoms with Crippen LogP contribution in [0.3, 0.4) is 0 Å². The molecule has 116 heavy (non-hydrogen) atoms. The molecule has 10 aliphatic rings. The Labute approximate surface area is 681 Å². The van der Waals surface area contributed by atoms with Crippen molar-refractivity contribution in [2.75, 3.05) is 42.5 Å². The molecule has 6 fully saturated rings. The lowest BCUT2D eigenvalue weighted by Crippen LogP contribution is -2.65. The van der Waals surface area contributed by atoms with E-state index in [0.717, 1.165) is 42.4 Å². The molecular weight excluding hydrogens is 1400 g/mol. The Morgan fingerprint density at radius 3 is 0.853 bits per heavy atom. The minimum atomic E-state index is -0.223. The fourth-order valence-electron chi connectivity index (χ4n) is 24.4. The van der Waals surface area contributed by atoms with E-state index >= 15 is 0 Å². The summed E-state index contributed by atoms with van der Waals surface area (Å²) >= 11 is 0. The number of fused-ring (bicyclic) bond motifs is 12. The third kappa shape index (κ3) is 10.2. The van der Waals surface area contributed by atoms with E-state index in [0.29, 0.717) is 23.9 Å². The maximum Gasteiger partial charge on any atom is 0.252 e. The smallest absolute Gasteiger partial charge is 0.252 e. The zero-order chi connectivity index (χ0) is 75.8. The predicted molar refractivity (Wildman–Crippen MR) is 487 cm³/mol. The van der Waals surface area contributed by atoms with Gasteiger partial charge in [-0.2, -0.15) is 0 Å². The Hall–Kier alpha value is -12.8. The van der Waals surface area contributed by atoms with Gasteiger partial charge in [-0.1, -0.05) is 297 Å². The van der Waals surface area contributed by atoms with Crippen LogP contribution in [0.1, 0.15) is 51.4 Å². The van der Waals surface area contributed by atoms with Crippen molar-refractivity contribution < 1.29 is 0 Å². The highest BCUT2D eigenvalue weighted by molar-refractivity contribution is 7.03. The van der Waals surface area contributed by atoms with Gasteiger partial charge in [-0.25, -0.2) is 0 Å². The molecule has 8 atom stereocenters. The van der Waals surface area contributed by atoms with E-state index in [2.05, 4.69) is 381 Å². The summed E-state index contributed by atoms with van der Waals surface area (Å²) in [5.74, 6) is 4.51. The minimum absolute atomic E-state index is 0.196. The van der Waals surface area contributed by atoms with Crippen LogP contribution in [-0.4, -0.2) is 38.6 Å². The van der Waals surface area contributed by atoms with Crippen LogP contribution in [0.5, 0.6) is 0 Å². The molecule has 15 aromatic rings. The third-order valence-electron chi connectivity index (χ3n) is 29.0. The largest absolute Gasteiger partial charge is 0.368 e. The maximum atomic E-state index is 2.93. The van der Waals surface area contributed by atoms with Crippen LogP contribution < -0.4 is 62.2 Å². The molecule has 6 bridgehead atoms. The van der Waals surface area contributed by atoms with Gasteiger partial charge in [0.25, 0.3) is 13.4 Å². The van der Waals surface area contributed by atoms with Crippen molar-refractivity contribution in [3.05, 3.63) is 352 Å². The van der Waals surface area contributed by atoms with Crippen molar-refractivity contribution in [3.8, 4) is 66.8 Å². The van der Waals surface area contributed by atoms with Gasteiger partial charge in [-0.3, -0.25) is 0 Å². The predicted octanol–water partition coefficient (Wildman–Crippen LogP) is 23.1. The average Bonchev–Trinajstić information content (AvgIpc) is 0.797. The highest BCUT2D eigenvalue weighted by Gasteiger charge is 2.54.